The first-order valence-corrected chi connectivity index (χ1v) is 8.85. The Bertz CT molecular complexity index is 686. The van der Waals surface area contributed by atoms with Crippen LogP contribution in [0.1, 0.15) is 41.4 Å². The first-order valence-electron chi connectivity index (χ1n) is 8.04. The van der Waals surface area contributed by atoms with Gasteiger partial charge in [0, 0.05) is 4.88 Å². The number of anilines is 1. The molecule has 4 N–H and O–H groups in total. The zero-order valence-corrected chi connectivity index (χ0v) is 14.1. The molecule has 2 aliphatic rings. The monoisotopic (exact) mass is 352 g/mol. The number of ether oxygens (including phenoxy) is 1. The van der Waals surface area contributed by atoms with Crippen LogP contribution in [0.5, 0.6) is 0 Å². The number of carboxylic acids is 1. The normalized spacial score (nSPS) is 28.0. The fourth-order valence-electron chi connectivity index (χ4n) is 3.61. The van der Waals surface area contributed by atoms with Gasteiger partial charge in [-0.05, 0) is 25.3 Å². The molecule has 4 atom stereocenters. The van der Waals surface area contributed by atoms with Crippen LogP contribution in [0.15, 0.2) is 6.07 Å². The Kier molecular flexibility index (Phi) is 4.60. The van der Waals surface area contributed by atoms with E-state index in [2.05, 4.69) is 5.32 Å². The van der Waals surface area contributed by atoms with Crippen LogP contribution < -0.4 is 11.1 Å². The molecule has 0 aliphatic carbocycles. The van der Waals surface area contributed by atoms with E-state index >= 15 is 0 Å². The summed E-state index contributed by atoms with van der Waals surface area (Å²) in [7, 11) is 0. The van der Waals surface area contributed by atoms with E-state index in [4.69, 9.17) is 10.5 Å². The zero-order valence-electron chi connectivity index (χ0n) is 13.3. The van der Waals surface area contributed by atoms with Crippen molar-refractivity contribution in [2.75, 3.05) is 5.32 Å². The topological polar surface area (TPSA) is 119 Å². The lowest BCUT2D eigenvalue weighted by Crippen LogP contribution is -2.41. The SMILES string of the molecule is CCCc1cc(C(N)=O)c(NC(=O)[C@@H]2[C@@H](C(=O)O)[C@H]3CC[C@@H]2O3)s1. The number of hydrogen-bond donors (Lipinski definition) is 3. The Hall–Kier alpha value is -1.93. The van der Waals surface area contributed by atoms with Crippen LogP contribution in [0.3, 0.4) is 0 Å². The molecule has 0 spiro atoms. The number of aliphatic carboxylic acids is 1. The molecular weight excluding hydrogens is 332 g/mol. The van der Waals surface area contributed by atoms with Gasteiger partial charge in [0.1, 0.15) is 5.00 Å². The molecule has 7 nitrogen and oxygen atoms in total. The van der Waals surface area contributed by atoms with Crippen molar-refractivity contribution in [2.24, 2.45) is 17.6 Å². The van der Waals surface area contributed by atoms with Gasteiger partial charge in [0.05, 0.1) is 29.6 Å². The van der Waals surface area contributed by atoms with Crippen LogP contribution in [-0.4, -0.2) is 35.1 Å². The number of primary amides is 1. The Morgan fingerprint density at radius 3 is 2.58 bits per heavy atom. The van der Waals surface area contributed by atoms with Crippen LogP contribution in [0.4, 0.5) is 5.00 Å². The number of fused-ring (bicyclic) bond motifs is 2. The first kappa shape index (κ1) is 16.9. The molecule has 2 aliphatic heterocycles. The summed E-state index contributed by atoms with van der Waals surface area (Å²) in [4.78, 5) is 36.7. The van der Waals surface area contributed by atoms with Crippen LogP contribution >= 0.6 is 11.3 Å². The molecule has 3 heterocycles. The molecule has 130 valence electrons. The summed E-state index contributed by atoms with van der Waals surface area (Å²) >= 11 is 1.31. The molecule has 1 aromatic rings. The van der Waals surface area contributed by atoms with Gasteiger partial charge in [-0.15, -0.1) is 11.3 Å². The molecule has 3 rings (SSSR count). The molecule has 2 amide bonds. The van der Waals surface area contributed by atoms with Crippen LogP contribution in [0.2, 0.25) is 0 Å². The van der Waals surface area contributed by atoms with Gasteiger partial charge >= 0.3 is 5.97 Å². The summed E-state index contributed by atoms with van der Waals surface area (Å²) in [6.45, 7) is 2.02. The fraction of sp³-hybridized carbons (Fsp3) is 0.562. The summed E-state index contributed by atoms with van der Waals surface area (Å²) in [5.74, 6) is -3.62. The predicted octanol–water partition coefficient (Wildman–Crippen LogP) is 1.62. The van der Waals surface area contributed by atoms with E-state index in [-0.39, 0.29) is 11.7 Å². The van der Waals surface area contributed by atoms with Crippen molar-refractivity contribution in [2.45, 2.75) is 44.8 Å². The second-order valence-corrected chi connectivity index (χ2v) is 7.38. The number of nitrogens with one attached hydrogen (secondary N) is 1. The van der Waals surface area contributed by atoms with Crippen molar-refractivity contribution in [3.8, 4) is 0 Å². The summed E-state index contributed by atoms with van der Waals surface area (Å²) in [5.41, 5.74) is 5.66. The number of hydrogen-bond acceptors (Lipinski definition) is 5. The highest BCUT2D eigenvalue weighted by Gasteiger charge is 2.55. The quantitative estimate of drug-likeness (QED) is 0.719. The van der Waals surface area contributed by atoms with Crippen molar-refractivity contribution < 1.29 is 24.2 Å². The second-order valence-electron chi connectivity index (χ2n) is 6.24. The zero-order chi connectivity index (χ0) is 17.4. The highest BCUT2D eigenvalue weighted by Crippen LogP contribution is 2.44. The Morgan fingerprint density at radius 1 is 1.33 bits per heavy atom. The van der Waals surface area contributed by atoms with Gasteiger partial charge in [0.25, 0.3) is 5.91 Å². The Morgan fingerprint density at radius 2 is 2.00 bits per heavy atom. The average molecular weight is 352 g/mol. The molecular formula is C16H20N2O5S. The third-order valence-electron chi connectivity index (χ3n) is 4.64. The number of amides is 2. The molecule has 2 saturated heterocycles. The number of thiophene rings is 1. The van der Waals surface area contributed by atoms with Crippen molar-refractivity contribution in [3.05, 3.63) is 16.5 Å². The highest BCUT2D eigenvalue weighted by atomic mass is 32.1. The van der Waals surface area contributed by atoms with E-state index in [9.17, 15) is 19.5 Å². The van der Waals surface area contributed by atoms with Gasteiger partial charge < -0.3 is 20.9 Å². The van der Waals surface area contributed by atoms with Crippen molar-refractivity contribution in [3.63, 3.8) is 0 Å². The summed E-state index contributed by atoms with van der Waals surface area (Å²) in [6, 6.07) is 1.69. The average Bonchev–Trinajstić information content (AvgIpc) is 3.20. The minimum absolute atomic E-state index is 0.271. The summed E-state index contributed by atoms with van der Waals surface area (Å²) in [6.07, 6.45) is 2.27. The van der Waals surface area contributed by atoms with Crippen molar-refractivity contribution >= 4 is 34.1 Å². The Labute approximate surface area is 143 Å². The summed E-state index contributed by atoms with van der Waals surface area (Å²) in [5, 5.41) is 12.5. The van der Waals surface area contributed by atoms with Gasteiger partial charge in [-0.2, -0.15) is 0 Å². The lowest BCUT2D eigenvalue weighted by atomic mass is 9.79. The van der Waals surface area contributed by atoms with Gasteiger partial charge in [-0.25, -0.2) is 0 Å². The van der Waals surface area contributed by atoms with Gasteiger partial charge in [-0.3, -0.25) is 14.4 Å². The van der Waals surface area contributed by atoms with E-state index in [1.54, 1.807) is 6.07 Å². The smallest absolute Gasteiger partial charge is 0.310 e. The first-order chi connectivity index (χ1) is 11.4. The van der Waals surface area contributed by atoms with Crippen LogP contribution in [0.25, 0.3) is 0 Å². The molecule has 1 aromatic heterocycles. The molecule has 2 fully saturated rings. The molecule has 0 radical (unpaired) electrons. The van der Waals surface area contributed by atoms with Crippen LogP contribution in [-0.2, 0) is 20.7 Å². The number of carbonyl (C=O) groups is 3. The minimum Gasteiger partial charge on any atom is -0.481 e. The predicted molar refractivity (Wildman–Crippen MR) is 88.0 cm³/mol. The number of rotatable bonds is 6. The van der Waals surface area contributed by atoms with Gasteiger partial charge in [0.2, 0.25) is 5.91 Å². The summed E-state index contributed by atoms with van der Waals surface area (Å²) < 4.78 is 5.61. The number of carbonyl (C=O) groups excluding carboxylic acids is 2. The molecule has 8 heteroatoms. The van der Waals surface area contributed by atoms with Gasteiger partial charge in [0.15, 0.2) is 0 Å². The standard InChI is InChI=1S/C16H20N2O5S/c1-2-3-7-6-8(13(17)19)15(24-7)18-14(20)11-9-4-5-10(23-9)12(11)16(21)22/h6,9-12H,2-5H2,1H3,(H2,17,19)(H,18,20)(H,21,22)/t9-,10+,11-,12-/m0/s1. The lowest BCUT2D eigenvalue weighted by Gasteiger charge is -2.23. The third kappa shape index (κ3) is 2.91. The molecule has 0 saturated carbocycles. The maximum absolute atomic E-state index is 12.7. The molecule has 24 heavy (non-hydrogen) atoms. The molecule has 2 bridgehead atoms. The van der Waals surface area contributed by atoms with Crippen molar-refractivity contribution in [1.29, 1.82) is 0 Å². The van der Waals surface area contributed by atoms with Gasteiger partial charge in [-0.1, -0.05) is 13.3 Å². The maximum atomic E-state index is 12.7. The fourth-order valence-corrected chi connectivity index (χ4v) is 4.77. The van der Waals surface area contributed by atoms with E-state index in [1.807, 2.05) is 6.92 Å². The van der Waals surface area contributed by atoms with Crippen molar-refractivity contribution in [1.82, 2.24) is 0 Å². The maximum Gasteiger partial charge on any atom is 0.310 e. The van der Waals surface area contributed by atoms with E-state index in [0.29, 0.717) is 17.8 Å². The molecule has 0 aromatic carbocycles. The van der Waals surface area contributed by atoms with E-state index in [1.165, 1.54) is 11.3 Å². The lowest BCUT2D eigenvalue weighted by molar-refractivity contribution is -0.147. The number of carboxylic acid groups (broad SMARTS) is 1. The van der Waals surface area contributed by atoms with E-state index in [0.717, 1.165) is 17.7 Å². The van der Waals surface area contributed by atoms with Crippen LogP contribution in [0, 0.1) is 11.8 Å². The highest BCUT2D eigenvalue weighted by molar-refractivity contribution is 7.16. The number of nitrogens with two attached hydrogens (primary N) is 1. The third-order valence-corrected chi connectivity index (χ3v) is 5.75. The second kappa shape index (κ2) is 6.52. The molecule has 0 unspecified atom stereocenters. The minimum atomic E-state index is -1.02. The Balaban J connectivity index is 1.82. The largest absolute Gasteiger partial charge is 0.481 e. The van der Waals surface area contributed by atoms with E-state index < -0.39 is 35.7 Å². The number of aryl methyl sites for hydroxylation is 1.